The van der Waals surface area contributed by atoms with E-state index in [4.69, 9.17) is 4.74 Å². The molecule has 1 saturated heterocycles. The van der Waals surface area contributed by atoms with Gasteiger partial charge in [0.25, 0.3) is 0 Å². The average Bonchev–Trinajstić information content (AvgIpc) is 2.81. The summed E-state index contributed by atoms with van der Waals surface area (Å²) >= 11 is 0. The minimum atomic E-state index is 0.570. The molecule has 1 aliphatic heterocycles. The van der Waals surface area contributed by atoms with Gasteiger partial charge in [0, 0.05) is 0 Å². The van der Waals surface area contributed by atoms with Crippen LogP contribution in [0.15, 0.2) is 0 Å². The predicted octanol–water partition coefficient (Wildman–Crippen LogP) is 3.91. The molecule has 1 fully saturated rings. The van der Waals surface area contributed by atoms with E-state index in [2.05, 4.69) is 13.8 Å². The Kier molecular flexibility index (Phi) is 5.45. The molecule has 1 rings (SSSR count). The van der Waals surface area contributed by atoms with Crippen LogP contribution in [0.5, 0.6) is 0 Å². The van der Waals surface area contributed by atoms with Gasteiger partial charge in [0.15, 0.2) is 0 Å². The van der Waals surface area contributed by atoms with Crippen LogP contribution in [0, 0.1) is 0 Å². The zero-order chi connectivity index (χ0) is 9.52. The van der Waals surface area contributed by atoms with Crippen LogP contribution in [0.2, 0.25) is 0 Å². The van der Waals surface area contributed by atoms with Gasteiger partial charge in [0.2, 0.25) is 0 Å². The summed E-state index contributed by atoms with van der Waals surface area (Å²) in [5, 5.41) is 0. The molecule has 1 heteroatoms. The molecule has 1 heterocycles. The van der Waals surface area contributed by atoms with Crippen molar-refractivity contribution in [3.63, 3.8) is 0 Å². The van der Waals surface area contributed by atoms with Crippen LogP contribution in [-0.2, 0) is 4.74 Å². The van der Waals surface area contributed by atoms with Crippen molar-refractivity contribution in [3.05, 3.63) is 0 Å². The number of hydrogen-bond donors (Lipinski definition) is 0. The molecule has 2 atom stereocenters. The Labute approximate surface area is 82.9 Å². The molecule has 0 N–H and O–H groups in total. The molecule has 0 saturated carbocycles. The van der Waals surface area contributed by atoms with Crippen LogP contribution in [0.3, 0.4) is 0 Å². The van der Waals surface area contributed by atoms with Gasteiger partial charge < -0.3 is 4.74 Å². The van der Waals surface area contributed by atoms with Crippen molar-refractivity contribution in [1.82, 2.24) is 0 Å². The van der Waals surface area contributed by atoms with E-state index in [1.807, 2.05) is 0 Å². The summed E-state index contributed by atoms with van der Waals surface area (Å²) < 4.78 is 5.36. The van der Waals surface area contributed by atoms with Crippen molar-refractivity contribution in [1.29, 1.82) is 0 Å². The largest absolute Gasteiger partial charge is 0.370 e. The fraction of sp³-hybridized carbons (Fsp3) is 1.00. The highest BCUT2D eigenvalue weighted by Gasteiger charge is 2.32. The van der Waals surface area contributed by atoms with Crippen molar-refractivity contribution in [2.24, 2.45) is 0 Å². The lowest BCUT2D eigenvalue weighted by molar-refractivity contribution is 0.364. The molecular weight excluding hydrogens is 160 g/mol. The molecule has 1 aliphatic rings. The third-order valence-corrected chi connectivity index (χ3v) is 2.93. The van der Waals surface area contributed by atoms with Gasteiger partial charge in [0.05, 0.1) is 12.2 Å². The lowest BCUT2D eigenvalue weighted by atomic mass is 10.1. The van der Waals surface area contributed by atoms with E-state index in [9.17, 15) is 0 Å². The standard InChI is InChI=1S/C12H24O/c1-3-4-5-6-7-8-9-10-12-11(2)13-12/h11-12H,3-10H2,1-2H3/t11-,12-/m0/s1. The third-order valence-electron chi connectivity index (χ3n) is 2.93. The summed E-state index contributed by atoms with van der Waals surface area (Å²) in [5.74, 6) is 0. The van der Waals surface area contributed by atoms with Crippen LogP contribution >= 0.6 is 0 Å². The Morgan fingerprint density at radius 1 is 0.923 bits per heavy atom. The van der Waals surface area contributed by atoms with E-state index in [1.165, 1.54) is 51.4 Å². The molecule has 0 aromatic carbocycles. The van der Waals surface area contributed by atoms with Gasteiger partial charge in [-0.25, -0.2) is 0 Å². The first kappa shape index (κ1) is 11.0. The first-order valence-corrected chi connectivity index (χ1v) is 6.00. The van der Waals surface area contributed by atoms with Gasteiger partial charge in [-0.05, 0) is 13.3 Å². The third kappa shape index (κ3) is 5.30. The summed E-state index contributed by atoms with van der Waals surface area (Å²) in [6.07, 6.45) is 12.4. The van der Waals surface area contributed by atoms with Crippen LogP contribution in [0.1, 0.15) is 65.2 Å². The van der Waals surface area contributed by atoms with Crippen LogP contribution in [-0.4, -0.2) is 12.2 Å². The molecule has 1 nitrogen and oxygen atoms in total. The van der Waals surface area contributed by atoms with E-state index in [0.29, 0.717) is 12.2 Å². The van der Waals surface area contributed by atoms with Crippen molar-refractivity contribution in [2.45, 2.75) is 77.4 Å². The molecule has 13 heavy (non-hydrogen) atoms. The monoisotopic (exact) mass is 184 g/mol. The Balaban J connectivity index is 1.69. The Hall–Kier alpha value is -0.0400. The fourth-order valence-electron chi connectivity index (χ4n) is 1.84. The summed E-state index contributed by atoms with van der Waals surface area (Å²) in [4.78, 5) is 0. The first-order chi connectivity index (χ1) is 6.34. The molecule has 78 valence electrons. The smallest absolute Gasteiger partial charge is 0.0839 e. The molecule has 0 aliphatic carbocycles. The SMILES string of the molecule is CCCCCCCCC[C@@H]1O[C@H]1C. The quantitative estimate of drug-likeness (QED) is 0.411. The maximum Gasteiger partial charge on any atom is 0.0839 e. The maximum absolute atomic E-state index is 5.36. The first-order valence-electron chi connectivity index (χ1n) is 6.00. The van der Waals surface area contributed by atoms with Gasteiger partial charge in [-0.3, -0.25) is 0 Å². The second-order valence-electron chi connectivity index (χ2n) is 4.29. The summed E-state index contributed by atoms with van der Waals surface area (Å²) in [7, 11) is 0. The van der Waals surface area contributed by atoms with Crippen LogP contribution in [0.25, 0.3) is 0 Å². The summed E-state index contributed by atoms with van der Waals surface area (Å²) in [6, 6.07) is 0. The zero-order valence-corrected chi connectivity index (χ0v) is 9.22. The highest BCUT2D eigenvalue weighted by atomic mass is 16.6. The maximum atomic E-state index is 5.36. The Bertz CT molecular complexity index is 122. The number of rotatable bonds is 8. The van der Waals surface area contributed by atoms with Gasteiger partial charge in [0.1, 0.15) is 0 Å². The average molecular weight is 184 g/mol. The number of ether oxygens (including phenoxy) is 1. The van der Waals surface area contributed by atoms with Crippen molar-refractivity contribution in [3.8, 4) is 0 Å². The second-order valence-corrected chi connectivity index (χ2v) is 4.29. The highest BCUT2D eigenvalue weighted by molar-refractivity contribution is 4.79. The normalized spacial score (nSPS) is 26.3. The molecule has 0 unspecified atom stereocenters. The van der Waals surface area contributed by atoms with E-state index in [-0.39, 0.29) is 0 Å². The molecule has 0 bridgehead atoms. The number of hydrogen-bond acceptors (Lipinski definition) is 1. The summed E-state index contributed by atoms with van der Waals surface area (Å²) in [6.45, 7) is 4.44. The predicted molar refractivity (Wildman–Crippen MR) is 56.9 cm³/mol. The van der Waals surface area contributed by atoms with E-state index in [0.717, 1.165) is 0 Å². The molecule has 0 radical (unpaired) electrons. The number of unbranched alkanes of at least 4 members (excludes halogenated alkanes) is 6. The molecule has 0 amide bonds. The molecule has 0 aromatic heterocycles. The highest BCUT2D eigenvalue weighted by Crippen LogP contribution is 2.26. The van der Waals surface area contributed by atoms with E-state index in [1.54, 1.807) is 0 Å². The molecule has 0 spiro atoms. The van der Waals surface area contributed by atoms with Gasteiger partial charge in [-0.2, -0.15) is 0 Å². The van der Waals surface area contributed by atoms with Crippen LogP contribution in [0.4, 0.5) is 0 Å². The Morgan fingerprint density at radius 2 is 1.46 bits per heavy atom. The second kappa shape index (κ2) is 6.42. The number of epoxide rings is 1. The van der Waals surface area contributed by atoms with Crippen molar-refractivity contribution in [2.75, 3.05) is 0 Å². The van der Waals surface area contributed by atoms with Crippen molar-refractivity contribution >= 4 is 0 Å². The van der Waals surface area contributed by atoms with Gasteiger partial charge in [-0.15, -0.1) is 0 Å². The molecule has 0 aromatic rings. The fourth-order valence-corrected chi connectivity index (χ4v) is 1.84. The summed E-state index contributed by atoms with van der Waals surface area (Å²) in [5.41, 5.74) is 0. The van der Waals surface area contributed by atoms with Gasteiger partial charge >= 0.3 is 0 Å². The Morgan fingerprint density at radius 3 is 2.00 bits per heavy atom. The van der Waals surface area contributed by atoms with Crippen LogP contribution < -0.4 is 0 Å². The van der Waals surface area contributed by atoms with E-state index < -0.39 is 0 Å². The van der Waals surface area contributed by atoms with Gasteiger partial charge in [-0.1, -0.05) is 51.9 Å². The minimum absolute atomic E-state index is 0.570. The minimum Gasteiger partial charge on any atom is -0.370 e. The van der Waals surface area contributed by atoms with Crippen molar-refractivity contribution < 1.29 is 4.74 Å². The lowest BCUT2D eigenvalue weighted by Gasteiger charge is -1.99. The van der Waals surface area contributed by atoms with E-state index >= 15 is 0 Å². The lowest BCUT2D eigenvalue weighted by Crippen LogP contribution is -1.89. The zero-order valence-electron chi connectivity index (χ0n) is 9.22. The topological polar surface area (TPSA) is 12.5 Å². The molecular formula is C12H24O.